The van der Waals surface area contributed by atoms with Crippen molar-refractivity contribution in [1.29, 1.82) is 0 Å². The zero-order valence-electron chi connectivity index (χ0n) is 9.74. The van der Waals surface area contributed by atoms with Gasteiger partial charge in [-0.3, -0.25) is 9.59 Å². The van der Waals surface area contributed by atoms with E-state index < -0.39 is 0 Å². The fourth-order valence-electron chi connectivity index (χ4n) is 2.15. The second kappa shape index (κ2) is 5.61. The van der Waals surface area contributed by atoms with Crippen molar-refractivity contribution in [1.82, 2.24) is 15.5 Å². The number of carbonyl (C=O) groups excluding carboxylic acids is 1. The van der Waals surface area contributed by atoms with Crippen LogP contribution < -0.4 is 10.9 Å². The summed E-state index contributed by atoms with van der Waals surface area (Å²) in [6.07, 6.45) is 6.92. The van der Waals surface area contributed by atoms with Gasteiger partial charge in [0, 0.05) is 12.1 Å². The van der Waals surface area contributed by atoms with Crippen molar-refractivity contribution in [3.8, 4) is 0 Å². The first-order valence-electron chi connectivity index (χ1n) is 6.12. The van der Waals surface area contributed by atoms with E-state index in [0.717, 1.165) is 12.8 Å². The van der Waals surface area contributed by atoms with E-state index in [1.54, 1.807) is 0 Å². The highest BCUT2D eigenvalue weighted by Crippen LogP contribution is 2.17. The number of aromatic amines is 1. The minimum absolute atomic E-state index is 0.201. The standard InChI is InChI=1S/C12H17N3O2/c16-11-8-7-10(14-15-11)12(17)13-9-5-3-1-2-4-6-9/h7-9H,1-6H2,(H,13,17)(H,15,16). The summed E-state index contributed by atoms with van der Waals surface area (Å²) in [7, 11) is 0. The van der Waals surface area contributed by atoms with Gasteiger partial charge in [-0.05, 0) is 18.9 Å². The largest absolute Gasteiger partial charge is 0.348 e. The second-order valence-electron chi connectivity index (χ2n) is 4.47. The molecule has 2 rings (SSSR count). The lowest BCUT2D eigenvalue weighted by Gasteiger charge is -2.15. The minimum atomic E-state index is -0.295. The number of nitrogens with one attached hydrogen (secondary N) is 2. The second-order valence-corrected chi connectivity index (χ2v) is 4.47. The Morgan fingerprint density at radius 1 is 1.24 bits per heavy atom. The average Bonchev–Trinajstić information content (AvgIpc) is 2.58. The summed E-state index contributed by atoms with van der Waals surface area (Å²) < 4.78 is 0. The molecule has 5 nitrogen and oxygen atoms in total. The monoisotopic (exact) mass is 235 g/mol. The summed E-state index contributed by atoms with van der Waals surface area (Å²) in [5.41, 5.74) is -0.0233. The quantitative estimate of drug-likeness (QED) is 0.757. The predicted molar refractivity (Wildman–Crippen MR) is 63.8 cm³/mol. The maximum absolute atomic E-state index is 11.8. The molecule has 1 heterocycles. The zero-order valence-corrected chi connectivity index (χ0v) is 9.74. The molecule has 1 aliphatic carbocycles. The summed E-state index contributed by atoms with van der Waals surface area (Å²) in [4.78, 5) is 22.7. The van der Waals surface area contributed by atoms with Gasteiger partial charge in [0.25, 0.3) is 11.5 Å². The van der Waals surface area contributed by atoms with Crippen molar-refractivity contribution in [3.05, 3.63) is 28.2 Å². The number of carbonyl (C=O) groups is 1. The molecule has 0 spiro atoms. The molecule has 1 saturated carbocycles. The van der Waals surface area contributed by atoms with E-state index in [9.17, 15) is 9.59 Å². The molecule has 0 unspecified atom stereocenters. The molecule has 1 aromatic rings. The Morgan fingerprint density at radius 3 is 2.53 bits per heavy atom. The van der Waals surface area contributed by atoms with Crippen molar-refractivity contribution >= 4 is 5.91 Å². The van der Waals surface area contributed by atoms with Gasteiger partial charge in [-0.1, -0.05) is 25.7 Å². The molecule has 92 valence electrons. The summed E-state index contributed by atoms with van der Waals surface area (Å²) in [5, 5.41) is 8.95. The summed E-state index contributed by atoms with van der Waals surface area (Å²) >= 11 is 0. The molecular weight excluding hydrogens is 218 g/mol. The smallest absolute Gasteiger partial charge is 0.271 e. The van der Waals surface area contributed by atoms with Crippen LogP contribution in [-0.2, 0) is 0 Å². The van der Waals surface area contributed by atoms with Crippen LogP contribution in [0.1, 0.15) is 49.0 Å². The molecule has 0 radical (unpaired) electrons. The Kier molecular flexibility index (Phi) is 3.90. The lowest BCUT2D eigenvalue weighted by atomic mass is 10.1. The molecule has 1 aliphatic rings. The Bertz CT molecular complexity index is 413. The van der Waals surface area contributed by atoms with E-state index in [4.69, 9.17) is 0 Å². The minimum Gasteiger partial charge on any atom is -0.348 e. The highest BCUT2D eigenvalue weighted by atomic mass is 16.2. The van der Waals surface area contributed by atoms with Crippen LogP contribution in [0.5, 0.6) is 0 Å². The molecule has 0 bridgehead atoms. The molecule has 1 amide bonds. The first-order chi connectivity index (χ1) is 8.25. The normalized spacial score (nSPS) is 17.4. The Balaban J connectivity index is 1.95. The topological polar surface area (TPSA) is 74.8 Å². The number of rotatable bonds is 2. The average molecular weight is 235 g/mol. The van der Waals surface area contributed by atoms with E-state index in [-0.39, 0.29) is 23.2 Å². The predicted octanol–water partition coefficient (Wildman–Crippen LogP) is 1.22. The lowest BCUT2D eigenvalue weighted by Crippen LogP contribution is -2.35. The van der Waals surface area contributed by atoms with Gasteiger partial charge in [-0.25, -0.2) is 5.10 Å². The third-order valence-corrected chi connectivity index (χ3v) is 3.10. The summed E-state index contributed by atoms with van der Waals surface area (Å²) in [6, 6.07) is 3.01. The number of hydrogen-bond acceptors (Lipinski definition) is 3. The first-order valence-corrected chi connectivity index (χ1v) is 6.12. The number of aromatic nitrogens is 2. The first kappa shape index (κ1) is 11.8. The van der Waals surface area contributed by atoms with Gasteiger partial charge in [0.05, 0.1) is 0 Å². The van der Waals surface area contributed by atoms with Crippen LogP contribution in [0.25, 0.3) is 0 Å². The van der Waals surface area contributed by atoms with Crippen LogP contribution in [0.3, 0.4) is 0 Å². The molecule has 0 aliphatic heterocycles. The van der Waals surface area contributed by atoms with E-state index in [1.807, 2.05) is 0 Å². The highest BCUT2D eigenvalue weighted by Gasteiger charge is 2.16. The molecule has 17 heavy (non-hydrogen) atoms. The Labute approximate surface area is 99.6 Å². The van der Waals surface area contributed by atoms with Crippen LogP contribution >= 0.6 is 0 Å². The van der Waals surface area contributed by atoms with Crippen LogP contribution in [0, 0.1) is 0 Å². The number of nitrogens with zero attached hydrogens (tertiary/aromatic N) is 1. The number of H-pyrrole nitrogens is 1. The van der Waals surface area contributed by atoms with Gasteiger partial charge in [0.1, 0.15) is 5.69 Å². The zero-order chi connectivity index (χ0) is 12.1. The van der Waals surface area contributed by atoms with E-state index >= 15 is 0 Å². The van der Waals surface area contributed by atoms with E-state index in [2.05, 4.69) is 15.5 Å². The SMILES string of the molecule is O=C(NC1CCCCCC1)c1ccc(=O)[nH]n1. The Morgan fingerprint density at radius 2 is 1.94 bits per heavy atom. The maximum Gasteiger partial charge on any atom is 0.271 e. The van der Waals surface area contributed by atoms with Crippen molar-refractivity contribution in [2.24, 2.45) is 0 Å². The molecule has 0 atom stereocenters. The van der Waals surface area contributed by atoms with E-state index in [1.165, 1.54) is 37.8 Å². The fourth-order valence-corrected chi connectivity index (χ4v) is 2.15. The van der Waals surface area contributed by atoms with Gasteiger partial charge in [-0.2, -0.15) is 5.10 Å². The van der Waals surface area contributed by atoms with Gasteiger partial charge in [0.2, 0.25) is 0 Å². The third kappa shape index (κ3) is 3.41. The molecule has 5 heteroatoms. The summed E-state index contributed by atoms with van der Waals surface area (Å²) in [5.74, 6) is -0.201. The summed E-state index contributed by atoms with van der Waals surface area (Å²) in [6.45, 7) is 0. The molecule has 1 fully saturated rings. The van der Waals surface area contributed by atoms with Crippen molar-refractivity contribution in [3.63, 3.8) is 0 Å². The van der Waals surface area contributed by atoms with Crippen LogP contribution in [0.4, 0.5) is 0 Å². The molecule has 2 N–H and O–H groups in total. The van der Waals surface area contributed by atoms with Crippen LogP contribution in [-0.4, -0.2) is 22.1 Å². The van der Waals surface area contributed by atoms with Crippen molar-refractivity contribution < 1.29 is 4.79 Å². The molecule has 0 saturated heterocycles. The number of hydrogen-bond donors (Lipinski definition) is 2. The molecule has 1 aromatic heterocycles. The maximum atomic E-state index is 11.8. The molecular formula is C12H17N3O2. The third-order valence-electron chi connectivity index (χ3n) is 3.10. The molecule has 0 aromatic carbocycles. The van der Waals surface area contributed by atoms with Gasteiger partial charge < -0.3 is 5.32 Å². The van der Waals surface area contributed by atoms with Crippen LogP contribution in [0.2, 0.25) is 0 Å². The van der Waals surface area contributed by atoms with Crippen LogP contribution in [0.15, 0.2) is 16.9 Å². The Hall–Kier alpha value is -1.65. The van der Waals surface area contributed by atoms with Gasteiger partial charge in [-0.15, -0.1) is 0 Å². The highest BCUT2D eigenvalue weighted by molar-refractivity contribution is 5.92. The lowest BCUT2D eigenvalue weighted by molar-refractivity contribution is 0.0927. The fraction of sp³-hybridized carbons (Fsp3) is 0.583. The van der Waals surface area contributed by atoms with Gasteiger partial charge in [0.15, 0.2) is 0 Å². The van der Waals surface area contributed by atoms with Crippen molar-refractivity contribution in [2.45, 2.75) is 44.6 Å². The van der Waals surface area contributed by atoms with Gasteiger partial charge >= 0.3 is 0 Å². The number of amides is 1. The van der Waals surface area contributed by atoms with E-state index in [0.29, 0.717) is 0 Å². The van der Waals surface area contributed by atoms with Crippen molar-refractivity contribution in [2.75, 3.05) is 0 Å².